The normalized spacial score (nSPS) is 11.5. The highest BCUT2D eigenvalue weighted by Crippen LogP contribution is 2.17. The van der Waals surface area contributed by atoms with Gasteiger partial charge < -0.3 is 10.1 Å². The van der Waals surface area contributed by atoms with Crippen LogP contribution < -0.4 is 10.0 Å². The summed E-state index contributed by atoms with van der Waals surface area (Å²) in [6.07, 6.45) is 2.20. The molecule has 0 saturated carbocycles. The van der Waals surface area contributed by atoms with Crippen molar-refractivity contribution < 1.29 is 13.2 Å². The van der Waals surface area contributed by atoms with Gasteiger partial charge in [0.25, 0.3) is 0 Å². The first-order valence-corrected chi connectivity index (χ1v) is 7.86. The number of hydrogen-bond donors (Lipinski definition) is 2. The average molecular weight is 287 g/mol. The third-order valence-corrected chi connectivity index (χ3v) is 3.86. The lowest BCUT2D eigenvalue weighted by Gasteiger charge is -2.11. The van der Waals surface area contributed by atoms with E-state index in [2.05, 4.69) is 15.0 Å². The maximum Gasteiger partial charge on any atom is 0.244 e. The van der Waals surface area contributed by atoms with Gasteiger partial charge in [-0.1, -0.05) is 0 Å². The Balaban J connectivity index is 2.66. The van der Waals surface area contributed by atoms with Gasteiger partial charge >= 0.3 is 0 Å². The van der Waals surface area contributed by atoms with E-state index in [1.54, 1.807) is 12.3 Å². The van der Waals surface area contributed by atoms with E-state index in [-0.39, 0.29) is 4.90 Å². The van der Waals surface area contributed by atoms with Crippen LogP contribution in [0.2, 0.25) is 0 Å². The fourth-order valence-corrected chi connectivity index (χ4v) is 2.72. The minimum Gasteiger partial charge on any atom is -0.382 e. The van der Waals surface area contributed by atoms with Crippen LogP contribution in [-0.2, 0) is 14.8 Å². The van der Waals surface area contributed by atoms with Gasteiger partial charge in [-0.15, -0.1) is 0 Å². The first-order valence-electron chi connectivity index (χ1n) is 6.38. The molecule has 0 saturated heterocycles. The zero-order valence-corrected chi connectivity index (χ0v) is 12.2. The molecule has 6 nitrogen and oxygen atoms in total. The maximum absolute atomic E-state index is 12.1. The molecule has 0 aliphatic heterocycles. The molecule has 0 radical (unpaired) electrons. The molecule has 1 aromatic rings. The molecule has 1 rings (SSSR count). The molecule has 0 bridgehead atoms. The van der Waals surface area contributed by atoms with Crippen LogP contribution in [0.25, 0.3) is 0 Å². The van der Waals surface area contributed by atoms with Gasteiger partial charge in [0, 0.05) is 32.5 Å². The molecule has 0 spiro atoms. The van der Waals surface area contributed by atoms with E-state index in [9.17, 15) is 8.42 Å². The number of nitrogens with one attached hydrogen (secondary N) is 2. The lowest BCUT2D eigenvalue weighted by Crippen LogP contribution is -2.26. The predicted octanol–water partition coefficient (Wildman–Crippen LogP) is 1.22. The Morgan fingerprint density at radius 1 is 1.37 bits per heavy atom. The van der Waals surface area contributed by atoms with Crippen LogP contribution in [0, 0.1) is 0 Å². The molecule has 0 fully saturated rings. The van der Waals surface area contributed by atoms with Crippen LogP contribution in [0.15, 0.2) is 23.2 Å². The Labute approximate surface area is 114 Å². The van der Waals surface area contributed by atoms with Crippen molar-refractivity contribution in [3.63, 3.8) is 0 Å². The summed E-state index contributed by atoms with van der Waals surface area (Å²) in [5.41, 5.74) is 0. The van der Waals surface area contributed by atoms with E-state index in [0.717, 1.165) is 0 Å². The van der Waals surface area contributed by atoms with Gasteiger partial charge in [0.05, 0.1) is 0 Å². The molecule has 7 heteroatoms. The second-order valence-electron chi connectivity index (χ2n) is 3.83. The minimum atomic E-state index is -3.53. The van der Waals surface area contributed by atoms with Crippen LogP contribution in [-0.4, -0.2) is 39.7 Å². The van der Waals surface area contributed by atoms with E-state index in [1.807, 2.05) is 13.8 Å². The Morgan fingerprint density at radius 3 is 2.84 bits per heavy atom. The number of nitrogens with zero attached hydrogens (tertiary/aromatic N) is 1. The summed E-state index contributed by atoms with van der Waals surface area (Å²) in [6.45, 7) is 5.95. The first-order chi connectivity index (χ1) is 9.11. The third kappa shape index (κ3) is 5.14. The van der Waals surface area contributed by atoms with Crippen LogP contribution >= 0.6 is 0 Å². The first kappa shape index (κ1) is 15.9. The van der Waals surface area contributed by atoms with Gasteiger partial charge in [0.2, 0.25) is 10.0 Å². The standard InChI is InChI=1S/C12H21N3O3S/c1-3-13-12-11(7-5-8-14-12)19(16,17)15-9-6-10-18-4-2/h5,7-8,15H,3-4,6,9-10H2,1-2H3,(H,13,14). The molecule has 0 aliphatic rings. The SMILES string of the molecule is CCNc1ncccc1S(=O)(=O)NCCCOCC. The number of sulfonamides is 1. The number of aromatic nitrogens is 1. The van der Waals surface area contributed by atoms with Crippen molar-refractivity contribution in [1.82, 2.24) is 9.71 Å². The summed E-state index contributed by atoms with van der Waals surface area (Å²) in [7, 11) is -3.53. The highest BCUT2D eigenvalue weighted by atomic mass is 32.2. The topological polar surface area (TPSA) is 80.3 Å². The summed E-state index contributed by atoms with van der Waals surface area (Å²) in [5, 5.41) is 2.94. The van der Waals surface area contributed by atoms with E-state index in [1.165, 1.54) is 6.07 Å². The molecule has 0 atom stereocenters. The second kappa shape index (κ2) is 8.08. The molecule has 0 amide bonds. The molecule has 0 aromatic carbocycles. The Bertz CT molecular complexity index is 477. The molecule has 0 unspecified atom stereocenters. The van der Waals surface area contributed by atoms with Crippen molar-refractivity contribution in [3.05, 3.63) is 18.3 Å². The lowest BCUT2D eigenvalue weighted by atomic mass is 10.4. The van der Waals surface area contributed by atoms with Crippen LogP contribution in [0.4, 0.5) is 5.82 Å². The number of rotatable bonds is 9. The van der Waals surface area contributed by atoms with Crippen molar-refractivity contribution in [1.29, 1.82) is 0 Å². The van der Waals surface area contributed by atoms with Crippen molar-refractivity contribution >= 4 is 15.8 Å². The molecule has 2 N–H and O–H groups in total. The Morgan fingerprint density at radius 2 is 2.16 bits per heavy atom. The molecular formula is C12H21N3O3S. The zero-order chi connectivity index (χ0) is 14.1. The van der Waals surface area contributed by atoms with Gasteiger partial charge in [-0.3, -0.25) is 0 Å². The highest BCUT2D eigenvalue weighted by Gasteiger charge is 2.18. The molecule has 1 aromatic heterocycles. The fourth-order valence-electron chi connectivity index (χ4n) is 1.51. The monoisotopic (exact) mass is 287 g/mol. The summed E-state index contributed by atoms with van der Waals surface area (Å²) < 4.78 is 32.0. The molecule has 19 heavy (non-hydrogen) atoms. The smallest absolute Gasteiger partial charge is 0.244 e. The number of anilines is 1. The van der Waals surface area contributed by atoms with E-state index < -0.39 is 10.0 Å². The summed E-state index contributed by atoms with van der Waals surface area (Å²) in [4.78, 5) is 4.21. The van der Waals surface area contributed by atoms with Crippen LogP contribution in [0.3, 0.4) is 0 Å². The lowest BCUT2D eigenvalue weighted by molar-refractivity contribution is 0.146. The largest absolute Gasteiger partial charge is 0.382 e. The van der Waals surface area contributed by atoms with Crippen molar-refractivity contribution in [3.8, 4) is 0 Å². The third-order valence-electron chi connectivity index (χ3n) is 2.37. The number of ether oxygens (including phenoxy) is 1. The van der Waals surface area contributed by atoms with Gasteiger partial charge in [-0.2, -0.15) is 0 Å². The Hall–Kier alpha value is -1.18. The molecule has 108 valence electrons. The van der Waals surface area contributed by atoms with Gasteiger partial charge in [-0.25, -0.2) is 18.1 Å². The zero-order valence-electron chi connectivity index (χ0n) is 11.3. The summed E-state index contributed by atoms with van der Waals surface area (Å²) in [5.74, 6) is 0.377. The van der Waals surface area contributed by atoms with Gasteiger partial charge in [-0.05, 0) is 32.4 Å². The van der Waals surface area contributed by atoms with E-state index >= 15 is 0 Å². The molecule has 1 heterocycles. The fraction of sp³-hybridized carbons (Fsp3) is 0.583. The summed E-state index contributed by atoms with van der Waals surface area (Å²) in [6, 6.07) is 3.14. The highest BCUT2D eigenvalue weighted by molar-refractivity contribution is 7.89. The van der Waals surface area contributed by atoms with Crippen molar-refractivity contribution in [2.45, 2.75) is 25.2 Å². The van der Waals surface area contributed by atoms with Gasteiger partial charge in [0.1, 0.15) is 10.7 Å². The number of hydrogen-bond acceptors (Lipinski definition) is 5. The van der Waals surface area contributed by atoms with Crippen molar-refractivity contribution in [2.24, 2.45) is 0 Å². The molecule has 0 aliphatic carbocycles. The molecular weight excluding hydrogens is 266 g/mol. The average Bonchev–Trinajstić information content (AvgIpc) is 2.39. The quantitative estimate of drug-likeness (QED) is 0.667. The summed E-state index contributed by atoms with van der Waals surface area (Å²) >= 11 is 0. The minimum absolute atomic E-state index is 0.174. The van der Waals surface area contributed by atoms with Crippen LogP contribution in [0.5, 0.6) is 0 Å². The van der Waals surface area contributed by atoms with E-state index in [0.29, 0.717) is 38.5 Å². The predicted molar refractivity (Wildman–Crippen MR) is 74.7 cm³/mol. The van der Waals surface area contributed by atoms with Crippen LogP contribution in [0.1, 0.15) is 20.3 Å². The van der Waals surface area contributed by atoms with Gasteiger partial charge in [0.15, 0.2) is 0 Å². The van der Waals surface area contributed by atoms with E-state index in [4.69, 9.17) is 4.74 Å². The maximum atomic E-state index is 12.1. The van der Waals surface area contributed by atoms with Crippen molar-refractivity contribution in [2.75, 3.05) is 31.6 Å². The Kier molecular flexibility index (Phi) is 6.75. The number of pyridine rings is 1. The second-order valence-corrected chi connectivity index (χ2v) is 5.56.